The monoisotopic (exact) mass is 689 g/mol. The van der Waals surface area contributed by atoms with E-state index in [0.717, 1.165) is 54.8 Å². The number of fused-ring (bicyclic) bond motifs is 1. The molecule has 1 atom stereocenters. The largest absolute Gasteiger partial charge is 0.493 e. The van der Waals surface area contributed by atoms with Crippen molar-refractivity contribution in [3.05, 3.63) is 142 Å². The summed E-state index contributed by atoms with van der Waals surface area (Å²) in [7, 11) is 0. The van der Waals surface area contributed by atoms with E-state index in [1.165, 1.54) is 0 Å². The number of carbonyl (C=O) groups is 3. The number of nitrogens with two attached hydrogens (primary N) is 1. The summed E-state index contributed by atoms with van der Waals surface area (Å²) < 4.78 is 69.7. The number of anilines is 1. The molecule has 4 aromatic carbocycles. The van der Waals surface area contributed by atoms with E-state index in [9.17, 15) is 23.2 Å². The van der Waals surface area contributed by atoms with Crippen LogP contribution in [0.25, 0.3) is 0 Å². The van der Waals surface area contributed by atoms with Gasteiger partial charge in [0.15, 0.2) is 17.4 Å². The lowest BCUT2D eigenvalue weighted by atomic mass is 10.0. The summed E-state index contributed by atoms with van der Waals surface area (Å²) in [4.78, 5) is 39.1. The van der Waals surface area contributed by atoms with Gasteiger partial charge >= 0.3 is 5.97 Å². The Morgan fingerprint density at radius 2 is 1.48 bits per heavy atom. The van der Waals surface area contributed by atoms with Crippen LogP contribution in [0.1, 0.15) is 53.4 Å². The quantitative estimate of drug-likeness (QED) is 0.0544. The number of amides is 1. The summed E-state index contributed by atoms with van der Waals surface area (Å²) in [5, 5.41) is 3.19. The van der Waals surface area contributed by atoms with E-state index < -0.39 is 69.6 Å². The molecule has 0 spiro atoms. The lowest BCUT2D eigenvalue weighted by Crippen LogP contribution is -2.35. The zero-order chi connectivity index (χ0) is 35.9. The third kappa shape index (κ3) is 8.20. The summed E-state index contributed by atoms with van der Waals surface area (Å²) >= 11 is 0. The topological polar surface area (TPSA) is 111 Å². The second-order valence-electron chi connectivity index (χ2n) is 11.8. The molecule has 0 heterocycles. The first-order chi connectivity index (χ1) is 23.9. The molecule has 12 heteroatoms. The number of ketones is 1. The summed E-state index contributed by atoms with van der Waals surface area (Å²) in [6.45, 7) is 2.43. The molecule has 1 aliphatic carbocycles. The van der Waals surface area contributed by atoms with E-state index >= 15 is 8.78 Å². The second-order valence-corrected chi connectivity index (χ2v) is 11.8. The number of nitrogens with zero attached hydrogens (tertiary/aromatic N) is 1. The van der Waals surface area contributed by atoms with E-state index in [1.54, 1.807) is 0 Å². The van der Waals surface area contributed by atoms with Crippen LogP contribution in [0, 0.1) is 23.3 Å². The van der Waals surface area contributed by atoms with Crippen LogP contribution >= 0.6 is 0 Å². The molecule has 1 aliphatic rings. The zero-order valence-corrected chi connectivity index (χ0v) is 27.4. The molecule has 1 amide bonds. The van der Waals surface area contributed by atoms with Gasteiger partial charge in [-0.15, -0.1) is 0 Å². The summed E-state index contributed by atoms with van der Waals surface area (Å²) in [5.41, 5.74) is 7.24. The first-order valence-corrected chi connectivity index (χ1v) is 15.9. The number of rotatable bonds is 13. The molecule has 0 saturated carbocycles. The zero-order valence-electron chi connectivity index (χ0n) is 27.4. The van der Waals surface area contributed by atoms with Gasteiger partial charge in [-0.05, 0) is 48.7 Å². The Labute approximate surface area is 286 Å². The van der Waals surface area contributed by atoms with E-state index in [2.05, 4.69) is 5.32 Å². The predicted octanol–water partition coefficient (Wildman–Crippen LogP) is 6.48. The van der Waals surface area contributed by atoms with Crippen molar-refractivity contribution < 1.29 is 41.4 Å². The molecule has 0 aliphatic heterocycles. The molecule has 5 rings (SSSR count). The average molecular weight is 690 g/mol. The number of hydrogen-bond donors (Lipinski definition) is 2. The fourth-order valence-electron chi connectivity index (χ4n) is 5.77. The molecule has 3 N–H and O–H groups in total. The lowest BCUT2D eigenvalue weighted by Gasteiger charge is -2.24. The normalized spacial score (nSPS) is 13.6. The number of carbonyl (C=O) groups excluding carboxylic acids is 3. The highest BCUT2D eigenvalue weighted by atomic mass is 19.1. The number of nitrogens with one attached hydrogen (secondary N) is 1. The van der Waals surface area contributed by atoms with E-state index in [1.807, 2.05) is 54.6 Å². The van der Waals surface area contributed by atoms with Gasteiger partial charge in [0, 0.05) is 43.5 Å². The molecule has 0 saturated heterocycles. The number of benzene rings is 4. The van der Waals surface area contributed by atoms with Crippen molar-refractivity contribution in [2.45, 2.75) is 45.3 Å². The number of ether oxygens (including phenoxy) is 2. The maximum atomic E-state index is 15.3. The number of halogens is 4. The van der Waals surface area contributed by atoms with Gasteiger partial charge in [-0.2, -0.15) is 0 Å². The van der Waals surface area contributed by atoms with E-state index in [-0.39, 0.29) is 18.5 Å². The number of hydrogen-bond acceptors (Lipinski definition) is 7. The van der Waals surface area contributed by atoms with E-state index in [0.29, 0.717) is 36.8 Å². The molecular formula is C38H35F4N3O5. The summed E-state index contributed by atoms with van der Waals surface area (Å²) in [6, 6.07) is 20.3. The molecule has 0 radical (unpaired) electrons. The molecule has 0 fully saturated rings. The van der Waals surface area contributed by atoms with Crippen molar-refractivity contribution in [1.82, 2.24) is 5.32 Å². The fraction of sp³-hybridized carbons (Fsp3) is 0.237. The maximum Gasteiger partial charge on any atom is 0.328 e. The highest BCUT2D eigenvalue weighted by Gasteiger charge is 2.30. The summed E-state index contributed by atoms with van der Waals surface area (Å²) in [5.74, 6) is -7.71. The highest BCUT2D eigenvalue weighted by Crippen LogP contribution is 2.31. The van der Waals surface area contributed by atoms with Gasteiger partial charge in [0.1, 0.15) is 41.0 Å². The molecular weight excluding hydrogens is 654 g/mol. The Bertz CT molecular complexity index is 1890. The van der Waals surface area contributed by atoms with Crippen molar-refractivity contribution >= 4 is 23.3 Å². The standard InChI is InChI=1S/C38H35F4N3O5/c1-22(36(47)30-14-13-27(39)19-31(30)40)37(43)45(23(2)46)35-32(41)20-28(21-33(35)42)49-16-8-15-44-34(24-9-4-3-5-10-24)38(48)50-29-17-25-11-6-7-12-26(25)18-29/h3-7,9-14,19-21,29,34,44H,8,15-18,43H2,1-2H3/b37-22+/t34-/m0/s1. The van der Waals surface area contributed by atoms with Crippen molar-refractivity contribution in [3.8, 4) is 5.75 Å². The minimum absolute atomic E-state index is 0.00896. The molecule has 260 valence electrons. The Balaban J connectivity index is 1.22. The van der Waals surface area contributed by atoms with Gasteiger partial charge in [0.05, 0.1) is 12.2 Å². The average Bonchev–Trinajstić information content (AvgIpc) is 3.49. The van der Waals surface area contributed by atoms with Gasteiger partial charge in [0.25, 0.3) is 0 Å². The third-order valence-electron chi connectivity index (χ3n) is 8.27. The van der Waals surface area contributed by atoms with E-state index in [4.69, 9.17) is 15.2 Å². The Morgan fingerprint density at radius 1 is 0.860 bits per heavy atom. The van der Waals surface area contributed by atoms with Crippen LogP contribution < -0.4 is 20.7 Å². The molecule has 0 bridgehead atoms. The van der Waals surface area contributed by atoms with Crippen LogP contribution in [0.5, 0.6) is 5.75 Å². The number of Topliss-reactive ketones (excluding diaryl/α,β-unsaturated/α-hetero) is 1. The molecule has 8 nitrogen and oxygen atoms in total. The minimum atomic E-state index is -1.22. The van der Waals surface area contributed by atoms with Crippen LogP contribution in [-0.4, -0.2) is 36.9 Å². The predicted molar refractivity (Wildman–Crippen MR) is 178 cm³/mol. The molecule has 4 aromatic rings. The Morgan fingerprint density at radius 3 is 2.08 bits per heavy atom. The lowest BCUT2D eigenvalue weighted by molar-refractivity contribution is -0.151. The Kier molecular flexibility index (Phi) is 11.3. The van der Waals surface area contributed by atoms with Crippen LogP contribution in [0.15, 0.2) is 96.3 Å². The second kappa shape index (κ2) is 15.8. The van der Waals surface area contributed by atoms with Crippen LogP contribution in [0.4, 0.5) is 23.2 Å². The first kappa shape index (κ1) is 35.8. The van der Waals surface area contributed by atoms with Crippen LogP contribution in [0.2, 0.25) is 0 Å². The van der Waals surface area contributed by atoms with Crippen molar-refractivity contribution in [1.29, 1.82) is 0 Å². The SMILES string of the molecule is CC(=O)N(/C(N)=C(\C)C(=O)c1ccc(F)cc1F)c1c(F)cc(OCCCN[C@H](C(=O)OC2Cc3ccccc3C2)c2ccccc2)cc1F. The van der Waals surface area contributed by atoms with Crippen LogP contribution in [0.3, 0.4) is 0 Å². The minimum Gasteiger partial charge on any atom is -0.493 e. The van der Waals surface area contributed by atoms with Gasteiger partial charge in [-0.25, -0.2) is 22.4 Å². The van der Waals surface area contributed by atoms with Gasteiger partial charge in [-0.1, -0.05) is 54.6 Å². The van der Waals surface area contributed by atoms with Gasteiger partial charge in [-0.3, -0.25) is 14.5 Å². The maximum absolute atomic E-state index is 15.3. The van der Waals surface area contributed by atoms with Gasteiger partial charge < -0.3 is 20.5 Å². The molecule has 50 heavy (non-hydrogen) atoms. The first-order valence-electron chi connectivity index (χ1n) is 15.9. The smallest absolute Gasteiger partial charge is 0.328 e. The van der Waals surface area contributed by atoms with Gasteiger partial charge in [0.2, 0.25) is 5.91 Å². The third-order valence-corrected chi connectivity index (χ3v) is 8.27. The fourth-order valence-corrected chi connectivity index (χ4v) is 5.77. The number of esters is 1. The Hall–Kier alpha value is -5.49. The molecule has 0 unspecified atom stereocenters. The van der Waals surface area contributed by atoms with Crippen molar-refractivity contribution in [2.24, 2.45) is 5.73 Å². The number of allylic oxidation sites excluding steroid dienone is 1. The molecule has 0 aromatic heterocycles. The summed E-state index contributed by atoms with van der Waals surface area (Å²) in [6.07, 6.45) is 1.36. The van der Waals surface area contributed by atoms with Crippen molar-refractivity contribution in [2.75, 3.05) is 18.1 Å². The highest BCUT2D eigenvalue weighted by molar-refractivity contribution is 6.10. The van der Waals surface area contributed by atoms with Crippen molar-refractivity contribution in [3.63, 3.8) is 0 Å². The van der Waals surface area contributed by atoms with Crippen LogP contribution in [-0.2, 0) is 27.2 Å².